The molecule has 0 aromatic heterocycles. The second kappa shape index (κ2) is 5.11. The molecular formula is C11H13FN2O3. The minimum atomic E-state index is -1.28. The average Bonchev–Trinajstić information content (AvgIpc) is 2.30. The molecular weight excluding hydrogens is 227 g/mol. The largest absolute Gasteiger partial charge is 0.478 e. The molecule has 5 nitrogen and oxygen atoms in total. The third-order valence-corrected chi connectivity index (χ3v) is 2.52. The van der Waals surface area contributed by atoms with E-state index < -0.39 is 11.8 Å². The Bertz CT molecular complexity index is 419. The summed E-state index contributed by atoms with van der Waals surface area (Å²) in [5, 5.41) is 10.8. The van der Waals surface area contributed by atoms with Gasteiger partial charge in [0.05, 0.1) is 18.9 Å². The van der Waals surface area contributed by atoms with Crippen LogP contribution < -0.4 is 5.43 Å². The van der Waals surface area contributed by atoms with E-state index in [0.29, 0.717) is 26.3 Å². The van der Waals surface area contributed by atoms with Crippen molar-refractivity contribution in [1.82, 2.24) is 5.01 Å². The molecule has 1 aliphatic heterocycles. The Hall–Kier alpha value is -1.66. The molecule has 0 aliphatic carbocycles. The van der Waals surface area contributed by atoms with Gasteiger partial charge in [-0.25, -0.2) is 14.2 Å². The van der Waals surface area contributed by atoms with Gasteiger partial charge in [-0.2, -0.15) is 0 Å². The molecule has 2 N–H and O–H groups in total. The number of anilines is 1. The highest BCUT2D eigenvalue weighted by Gasteiger charge is 2.18. The number of hydrogen-bond acceptors (Lipinski definition) is 4. The number of carbonyl (C=O) groups is 1. The second-order valence-electron chi connectivity index (χ2n) is 3.68. The number of nitrogens with one attached hydrogen (secondary N) is 1. The van der Waals surface area contributed by atoms with Gasteiger partial charge in [0.2, 0.25) is 0 Å². The summed E-state index contributed by atoms with van der Waals surface area (Å²) in [7, 11) is 0. The van der Waals surface area contributed by atoms with Gasteiger partial charge in [0, 0.05) is 13.1 Å². The van der Waals surface area contributed by atoms with Crippen LogP contribution in [0.2, 0.25) is 0 Å². The molecule has 1 saturated heterocycles. The van der Waals surface area contributed by atoms with Crippen LogP contribution in [0, 0.1) is 5.82 Å². The monoisotopic (exact) mass is 240 g/mol. The first kappa shape index (κ1) is 11.8. The molecule has 0 saturated carbocycles. The maximum atomic E-state index is 13.4. The van der Waals surface area contributed by atoms with Crippen LogP contribution in [0.4, 0.5) is 10.1 Å². The van der Waals surface area contributed by atoms with Gasteiger partial charge in [0.1, 0.15) is 11.4 Å². The van der Waals surface area contributed by atoms with Crippen molar-refractivity contribution in [1.29, 1.82) is 0 Å². The number of carboxylic acid groups (broad SMARTS) is 1. The van der Waals surface area contributed by atoms with E-state index in [4.69, 9.17) is 9.84 Å². The van der Waals surface area contributed by atoms with Crippen LogP contribution in [0.1, 0.15) is 10.4 Å². The third kappa shape index (κ3) is 2.72. The summed E-state index contributed by atoms with van der Waals surface area (Å²) in [4.78, 5) is 11.0. The molecule has 0 amide bonds. The van der Waals surface area contributed by atoms with Crippen molar-refractivity contribution in [2.24, 2.45) is 0 Å². The van der Waals surface area contributed by atoms with Gasteiger partial charge >= 0.3 is 5.97 Å². The lowest BCUT2D eigenvalue weighted by Crippen LogP contribution is -2.40. The van der Waals surface area contributed by atoms with E-state index in [1.54, 1.807) is 6.07 Å². The fourth-order valence-electron chi connectivity index (χ4n) is 1.68. The van der Waals surface area contributed by atoms with E-state index in [9.17, 15) is 9.18 Å². The topological polar surface area (TPSA) is 61.8 Å². The minimum absolute atomic E-state index is 0.263. The van der Waals surface area contributed by atoms with Crippen LogP contribution in [-0.2, 0) is 4.74 Å². The molecule has 1 fully saturated rings. The van der Waals surface area contributed by atoms with Gasteiger partial charge in [0.15, 0.2) is 0 Å². The number of carboxylic acids is 1. The van der Waals surface area contributed by atoms with E-state index in [1.807, 2.05) is 5.01 Å². The third-order valence-electron chi connectivity index (χ3n) is 2.52. The molecule has 1 heterocycles. The fourth-order valence-corrected chi connectivity index (χ4v) is 1.68. The lowest BCUT2D eigenvalue weighted by atomic mass is 10.1. The van der Waals surface area contributed by atoms with Gasteiger partial charge in [-0.05, 0) is 12.1 Å². The van der Waals surface area contributed by atoms with E-state index >= 15 is 0 Å². The summed E-state index contributed by atoms with van der Waals surface area (Å²) in [6.45, 7) is 2.42. The maximum Gasteiger partial charge on any atom is 0.340 e. The number of hydrazine groups is 1. The van der Waals surface area contributed by atoms with Crippen molar-refractivity contribution < 1.29 is 19.0 Å². The second-order valence-corrected chi connectivity index (χ2v) is 3.68. The predicted octanol–water partition coefficient (Wildman–Crippen LogP) is 1.18. The van der Waals surface area contributed by atoms with Crippen molar-refractivity contribution in [2.45, 2.75) is 0 Å². The molecule has 0 bridgehead atoms. The first-order valence-corrected chi connectivity index (χ1v) is 5.29. The zero-order valence-electron chi connectivity index (χ0n) is 9.15. The molecule has 0 radical (unpaired) electrons. The molecule has 2 rings (SSSR count). The van der Waals surface area contributed by atoms with Crippen molar-refractivity contribution in [2.75, 3.05) is 31.7 Å². The average molecular weight is 240 g/mol. The number of rotatable bonds is 3. The van der Waals surface area contributed by atoms with Crippen LogP contribution in [-0.4, -0.2) is 42.4 Å². The van der Waals surface area contributed by atoms with Crippen molar-refractivity contribution in [3.05, 3.63) is 29.6 Å². The highest BCUT2D eigenvalue weighted by atomic mass is 19.1. The SMILES string of the molecule is O=C(O)c1c(F)cccc1NN1CCOCC1. The molecule has 0 unspecified atom stereocenters. The Morgan fingerprint density at radius 2 is 2.12 bits per heavy atom. The number of benzene rings is 1. The molecule has 92 valence electrons. The Balaban J connectivity index is 2.19. The Morgan fingerprint density at radius 3 is 2.76 bits per heavy atom. The summed E-state index contributed by atoms with van der Waals surface area (Å²) < 4.78 is 18.6. The van der Waals surface area contributed by atoms with Crippen LogP contribution >= 0.6 is 0 Å². The standard InChI is InChI=1S/C11H13FN2O3/c12-8-2-1-3-9(10(8)11(15)16)13-14-4-6-17-7-5-14/h1-3,13H,4-7H2,(H,15,16). The summed E-state index contributed by atoms with van der Waals surface area (Å²) in [5.41, 5.74) is 2.83. The van der Waals surface area contributed by atoms with E-state index in [2.05, 4.69) is 5.43 Å². The number of nitrogens with zero attached hydrogens (tertiary/aromatic N) is 1. The van der Waals surface area contributed by atoms with Crippen LogP contribution in [0.3, 0.4) is 0 Å². The summed E-state index contributed by atoms with van der Waals surface area (Å²) in [6.07, 6.45) is 0. The summed E-state index contributed by atoms with van der Waals surface area (Å²) >= 11 is 0. The molecule has 6 heteroatoms. The maximum absolute atomic E-state index is 13.4. The zero-order valence-corrected chi connectivity index (χ0v) is 9.15. The molecule has 17 heavy (non-hydrogen) atoms. The highest BCUT2D eigenvalue weighted by molar-refractivity contribution is 5.94. The van der Waals surface area contributed by atoms with E-state index in [0.717, 1.165) is 6.07 Å². The predicted molar refractivity (Wildman–Crippen MR) is 59.4 cm³/mol. The lowest BCUT2D eigenvalue weighted by Gasteiger charge is -2.28. The first-order valence-electron chi connectivity index (χ1n) is 5.29. The first-order chi connectivity index (χ1) is 8.18. The summed E-state index contributed by atoms with van der Waals surface area (Å²) in [5.74, 6) is -2.02. The quantitative estimate of drug-likeness (QED) is 0.830. The molecule has 0 atom stereocenters. The van der Waals surface area contributed by atoms with Gasteiger partial charge in [0.25, 0.3) is 0 Å². The van der Waals surface area contributed by atoms with Crippen LogP contribution in [0.25, 0.3) is 0 Å². The number of hydrogen-bond donors (Lipinski definition) is 2. The van der Waals surface area contributed by atoms with Gasteiger partial charge in [-0.1, -0.05) is 6.07 Å². The highest BCUT2D eigenvalue weighted by Crippen LogP contribution is 2.19. The van der Waals surface area contributed by atoms with E-state index in [1.165, 1.54) is 6.07 Å². The van der Waals surface area contributed by atoms with Gasteiger partial charge < -0.3 is 15.3 Å². The number of ether oxygens (including phenoxy) is 1. The number of aromatic carboxylic acids is 1. The van der Waals surface area contributed by atoms with Gasteiger partial charge in [-0.3, -0.25) is 0 Å². The van der Waals surface area contributed by atoms with Crippen LogP contribution in [0.5, 0.6) is 0 Å². The smallest absolute Gasteiger partial charge is 0.340 e. The molecule has 1 aromatic carbocycles. The Labute approximate surface area is 97.8 Å². The molecule has 1 aromatic rings. The van der Waals surface area contributed by atoms with Crippen molar-refractivity contribution >= 4 is 11.7 Å². The Kier molecular flexibility index (Phi) is 3.55. The zero-order chi connectivity index (χ0) is 12.3. The van der Waals surface area contributed by atoms with E-state index in [-0.39, 0.29) is 11.3 Å². The molecule has 0 spiro atoms. The number of halogens is 1. The van der Waals surface area contributed by atoms with Crippen molar-refractivity contribution in [3.63, 3.8) is 0 Å². The fraction of sp³-hybridized carbons (Fsp3) is 0.364. The molecule has 1 aliphatic rings. The summed E-state index contributed by atoms with van der Waals surface area (Å²) in [6, 6.07) is 4.15. The lowest BCUT2D eigenvalue weighted by molar-refractivity contribution is 0.0495. The van der Waals surface area contributed by atoms with Crippen LogP contribution in [0.15, 0.2) is 18.2 Å². The minimum Gasteiger partial charge on any atom is -0.478 e. The van der Waals surface area contributed by atoms with Crippen molar-refractivity contribution in [3.8, 4) is 0 Å². The van der Waals surface area contributed by atoms with Gasteiger partial charge in [-0.15, -0.1) is 0 Å². The Morgan fingerprint density at radius 1 is 1.41 bits per heavy atom. The number of morpholine rings is 1. The normalized spacial score (nSPS) is 16.8.